The number of aliphatic imine (C=N–C) groups is 2. The lowest BCUT2D eigenvalue weighted by molar-refractivity contribution is -0.142. The summed E-state index contributed by atoms with van der Waals surface area (Å²) < 4.78 is 42.1. The van der Waals surface area contributed by atoms with Gasteiger partial charge < -0.3 is 11.5 Å². The van der Waals surface area contributed by atoms with E-state index < -0.39 is 17.5 Å². The molecule has 2 aliphatic carbocycles. The Morgan fingerprint density at radius 1 is 0.875 bits per heavy atom. The molecule has 1 fully saturated rings. The Hall–Kier alpha value is -3.04. The number of alkyl halides is 3. The quantitative estimate of drug-likeness (QED) is 0.733. The van der Waals surface area contributed by atoms with E-state index in [4.69, 9.17) is 11.5 Å². The van der Waals surface area contributed by atoms with Crippen molar-refractivity contribution in [3.05, 3.63) is 41.2 Å². The fraction of sp³-hybridized carbons (Fsp3) is 0.500. The number of nitrogens with zero attached hydrogens (tertiary/aromatic N) is 5. The highest BCUT2D eigenvalue weighted by Gasteiger charge is 2.43. The number of anilines is 1. The monoisotopic (exact) mass is 445 g/mol. The molecule has 0 atom stereocenters. The molecule has 1 aliphatic heterocycles. The van der Waals surface area contributed by atoms with E-state index >= 15 is 0 Å². The smallest absolute Gasteiger partial charge is 0.369 e. The molecular formula is C22H26F3N7. The van der Waals surface area contributed by atoms with Crippen molar-refractivity contribution in [2.24, 2.45) is 21.5 Å². The van der Waals surface area contributed by atoms with Crippen molar-refractivity contribution in [2.75, 3.05) is 4.90 Å². The highest BCUT2D eigenvalue weighted by Crippen LogP contribution is 2.40. The predicted molar refractivity (Wildman–Crippen MR) is 117 cm³/mol. The molecule has 10 heteroatoms. The van der Waals surface area contributed by atoms with Crippen LogP contribution in [-0.4, -0.2) is 27.4 Å². The number of halogens is 3. The topological polar surface area (TPSA) is 97.8 Å². The second-order valence-electron chi connectivity index (χ2n) is 8.73. The van der Waals surface area contributed by atoms with Gasteiger partial charge in [0.25, 0.3) is 0 Å². The van der Waals surface area contributed by atoms with E-state index in [9.17, 15) is 13.2 Å². The van der Waals surface area contributed by atoms with Crippen LogP contribution in [0.1, 0.15) is 61.9 Å². The van der Waals surface area contributed by atoms with Crippen LogP contribution >= 0.6 is 0 Å². The first-order valence-electron chi connectivity index (χ1n) is 11.1. The standard InChI is InChI=1S/C22H26F3N7/c23-22(24,25)18-16-6-2-3-7-17(16)32(30-18)15-10-8-14(9-11-15)31-20(27)28-19(26)29-21(31)12-4-1-5-13-21/h8-11H,1-7,12-13H2,(H4,26,27,28,29). The minimum atomic E-state index is -4.46. The molecule has 32 heavy (non-hydrogen) atoms. The lowest BCUT2D eigenvalue weighted by atomic mass is 9.87. The summed E-state index contributed by atoms with van der Waals surface area (Å²) in [6, 6.07) is 7.25. The first-order valence-corrected chi connectivity index (χ1v) is 11.1. The largest absolute Gasteiger partial charge is 0.435 e. The average molecular weight is 445 g/mol. The molecule has 0 saturated heterocycles. The zero-order valence-corrected chi connectivity index (χ0v) is 17.7. The number of hydrogen-bond acceptors (Lipinski definition) is 6. The molecule has 0 unspecified atom stereocenters. The van der Waals surface area contributed by atoms with Crippen molar-refractivity contribution >= 4 is 17.6 Å². The lowest BCUT2D eigenvalue weighted by Crippen LogP contribution is -2.58. The molecule has 7 nitrogen and oxygen atoms in total. The zero-order valence-electron chi connectivity index (χ0n) is 17.7. The normalized spacial score (nSPS) is 20.7. The van der Waals surface area contributed by atoms with E-state index in [0.717, 1.165) is 50.6 Å². The zero-order chi connectivity index (χ0) is 22.5. The Bertz CT molecular complexity index is 1080. The molecule has 1 aromatic heterocycles. The second kappa shape index (κ2) is 7.53. The number of rotatable bonds is 2. The number of aromatic nitrogens is 2. The van der Waals surface area contributed by atoms with Crippen molar-refractivity contribution in [1.29, 1.82) is 0 Å². The van der Waals surface area contributed by atoms with E-state index in [2.05, 4.69) is 15.1 Å². The first-order chi connectivity index (χ1) is 15.3. The highest BCUT2D eigenvalue weighted by atomic mass is 19.4. The molecule has 0 amide bonds. The maximum absolute atomic E-state index is 13.6. The van der Waals surface area contributed by atoms with Gasteiger partial charge in [-0.15, -0.1) is 0 Å². The van der Waals surface area contributed by atoms with Crippen LogP contribution in [0.5, 0.6) is 0 Å². The van der Waals surface area contributed by atoms with Crippen LogP contribution in [0.3, 0.4) is 0 Å². The summed E-state index contributed by atoms with van der Waals surface area (Å²) in [6.07, 6.45) is 2.92. The van der Waals surface area contributed by atoms with Crippen LogP contribution in [0.4, 0.5) is 18.9 Å². The van der Waals surface area contributed by atoms with Gasteiger partial charge in [0.1, 0.15) is 5.66 Å². The Morgan fingerprint density at radius 2 is 1.53 bits per heavy atom. The second-order valence-corrected chi connectivity index (χ2v) is 8.73. The first kappa shape index (κ1) is 20.8. The van der Waals surface area contributed by atoms with Gasteiger partial charge in [0.2, 0.25) is 11.9 Å². The Labute approximate surface area is 184 Å². The van der Waals surface area contributed by atoms with Crippen LogP contribution in [0.2, 0.25) is 0 Å². The van der Waals surface area contributed by atoms with Gasteiger partial charge in [-0.25, -0.2) is 9.67 Å². The van der Waals surface area contributed by atoms with Crippen LogP contribution in [-0.2, 0) is 19.0 Å². The molecule has 0 bridgehead atoms. The molecule has 5 rings (SSSR count). The average Bonchev–Trinajstić information content (AvgIpc) is 3.14. The van der Waals surface area contributed by atoms with Crippen LogP contribution < -0.4 is 16.4 Å². The summed E-state index contributed by atoms with van der Waals surface area (Å²) in [5, 5.41) is 3.98. The number of fused-ring (bicyclic) bond motifs is 1. The van der Waals surface area contributed by atoms with Gasteiger partial charge >= 0.3 is 6.18 Å². The highest BCUT2D eigenvalue weighted by molar-refractivity contribution is 6.05. The molecule has 1 saturated carbocycles. The van der Waals surface area contributed by atoms with Crippen LogP contribution in [0, 0.1) is 0 Å². The molecule has 1 aromatic carbocycles. The fourth-order valence-corrected chi connectivity index (χ4v) is 5.28. The number of guanidine groups is 2. The molecule has 2 heterocycles. The minimum absolute atomic E-state index is 0.181. The van der Waals surface area contributed by atoms with E-state index in [1.54, 1.807) is 12.1 Å². The fourth-order valence-electron chi connectivity index (χ4n) is 5.28. The lowest BCUT2D eigenvalue weighted by Gasteiger charge is -2.45. The molecule has 4 N–H and O–H groups in total. The van der Waals surface area contributed by atoms with Gasteiger partial charge in [-0.05, 0) is 75.6 Å². The van der Waals surface area contributed by atoms with Crippen molar-refractivity contribution in [3.8, 4) is 5.69 Å². The molecule has 170 valence electrons. The van der Waals surface area contributed by atoms with Gasteiger partial charge in [0.05, 0.1) is 5.69 Å². The van der Waals surface area contributed by atoms with Crippen LogP contribution in [0.15, 0.2) is 34.3 Å². The molecule has 1 spiro atoms. The summed E-state index contributed by atoms with van der Waals surface area (Å²) in [6.45, 7) is 0. The van der Waals surface area contributed by atoms with E-state index in [0.29, 0.717) is 29.8 Å². The summed E-state index contributed by atoms with van der Waals surface area (Å²) >= 11 is 0. The third kappa shape index (κ3) is 3.41. The predicted octanol–water partition coefficient (Wildman–Crippen LogP) is 3.88. The van der Waals surface area contributed by atoms with Crippen molar-refractivity contribution in [2.45, 2.75) is 69.6 Å². The Morgan fingerprint density at radius 3 is 2.22 bits per heavy atom. The Balaban J connectivity index is 1.53. The van der Waals surface area contributed by atoms with Gasteiger partial charge in [0, 0.05) is 16.9 Å². The molecule has 3 aliphatic rings. The maximum Gasteiger partial charge on any atom is 0.435 e. The summed E-state index contributed by atoms with van der Waals surface area (Å²) in [5.74, 6) is 0.461. The van der Waals surface area contributed by atoms with Crippen molar-refractivity contribution < 1.29 is 13.2 Å². The summed E-state index contributed by atoms with van der Waals surface area (Å²) in [7, 11) is 0. The van der Waals surface area contributed by atoms with Gasteiger partial charge in [0.15, 0.2) is 5.69 Å². The third-order valence-electron chi connectivity index (χ3n) is 6.65. The molecule has 2 aromatic rings. The summed E-state index contributed by atoms with van der Waals surface area (Å²) in [4.78, 5) is 10.7. The van der Waals surface area contributed by atoms with E-state index in [-0.39, 0.29) is 11.9 Å². The van der Waals surface area contributed by atoms with Gasteiger partial charge in [-0.1, -0.05) is 6.42 Å². The maximum atomic E-state index is 13.6. The number of benzene rings is 1. The van der Waals surface area contributed by atoms with E-state index in [1.165, 1.54) is 4.68 Å². The van der Waals surface area contributed by atoms with Gasteiger partial charge in [-0.3, -0.25) is 4.90 Å². The molecular weight excluding hydrogens is 419 g/mol. The van der Waals surface area contributed by atoms with Crippen LogP contribution in [0.25, 0.3) is 5.69 Å². The summed E-state index contributed by atoms with van der Waals surface area (Å²) in [5.41, 5.74) is 13.2. The van der Waals surface area contributed by atoms with Crippen molar-refractivity contribution in [3.63, 3.8) is 0 Å². The third-order valence-corrected chi connectivity index (χ3v) is 6.65. The number of nitrogens with two attached hydrogens (primary N) is 2. The SMILES string of the molecule is NC1=NC2(CCCCC2)N(c2ccc(-n3nc(C(F)(F)F)c4c3CCCC4)cc2)C(N)=N1. The van der Waals surface area contributed by atoms with Gasteiger partial charge in [-0.2, -0.15) is 23.3 Å². The minimum Gasteiger partial charge on any atom is -0.369 e. The Kier molecular flexibility index (Phi) is 4.90. The number of hydrogen-bond donors (Lipinski definition) is 2. The molecule has 0 radical (unpaired) electrons. The van der Waals surface area contributed by atoms with E-state index in [1.807, 2.05) is 17.0 Å². The van der Waals surface area contributed by atoms with Crippen molar-refractivity contribution in [1.82, 2.24) is 9.78 Å².